The SMILES string of the molecule is CCCN(CC(=O)Nc1cc(C)on1)C(=O)Nc1ccccc1OC. The van der Waals surface area contributed by atoms with Gasteiger partial charge in [0, 0.05) is 12.6 Å². The molecular formula is C17H22N4O4. The van der Waals surface area contributed by atoms with Crippen LogP contribution in [0.25, 0.3) is 0 Å². The highest BCUT2D eigenvalue weighted by molar-refractivity contribution is 5.97. The quantitative estimate of drug-likeness (QED) is 0.803. The van der Waals surface area contributed by atoms with E-state index < -0.39 is 0 Å². The maximum atomic E-state index is 12.5. The van der Waals surface area contributed by atoms with Crippen LogP contribution in [0.2, 0.25) is 0 Å². The Morgan fingerprint density at radius 2 is 2.04 bits per heavy atom. The molecule has 0 aliphatic heterocycles. The van der Waals surface area contributed by atoms with Crippen LogP contribution in [-0.2, 0) is 4.79 Å². The van der Waals surface area contributed by atoms with Crippen LogP contribution in [0.4, 0.5) is 16.3 Å². The van der Waals surface area contributed by atoms with Crippen molar-refractivity contribution in [1.29, 1.82) is 0 Å². The number of aromatic nitrogens is 1. The monoisotopic (exact) mass is 346 g/mol. The first kappa shape index (κ1) is 18.3. The number of nitrogens with one attached hydrogen (secondary N) is 2. The van der Waals surface area contributed by atoms with Crippen molar-refractivity contribution in [3.8, 4) is 5.75 Å². The Bertz CT molecular complexity index is 729. The number of anilines is 2. The third kappa shape index (κ3) is 5.23. The summed E-state index contributed by atoms with van der Waals surface area (Å²) in [4.78, 5) is 26.1. The molecule has 1 heterocycles. The first-order valence-electron chi connectivity index (χ1n) is 7.95. The number of ether oxygens (including phenoxy) is 1. The molecule has 2 rings (SSSR count). The van der Waals surface area contributed by atoms with E-state index in [1.165, 1.54) is 12.0 Å². The molecule has 0 atom stereocenters. The van der Waals surface area contributed by atoms with Crippen molar-refractivity contribution in [1.82, 2.24) is 10.1 Å². The fourth-order valence-corrected chi connectivity index (χ4v) is 2.25. The van der Waals surface area contributed by atoms with Crippen molar-refractivity contribution in [3.63, 3.8) is 0 Å². The molecule has 0 aliphatic rings. The maximum absolute atomic E-state index is 12.5. The van der Waals surface area contributed by atoms with E-state index in [0.29, 0.717) is 29.6 Å². The average Bonchev–Trinajstić information content (AvgIpc) is 2.99. The number of rotatable bonds is 7. The van der Waals surface area contributed by atoms with Crippen molar-refractivity contribution in [2.24, 2.45) is 0 Å². The summed E-state index contributed by atoms with van der Waals surface area (Å²) >= 11 is 0. The molecule has 0 fully saturated rings. The van der Waals surface area contributed by atoms with Gasteiger partial charge in [0.05, 0.1) is 12.8 Å². The Kier molecular flexibility index (Phi) is 6.39. The van der Waals surface area contributed by atoms with Crippen molar-refractivity contribution >= 4 is 23.4 Å². The van der Waals surface area contributed by atoms with Gasteiger partial charge < -0.3 is 24.8 Å². The molecule has 8 heteroatoms. The number of hydrogen-bond donors (Lipinski definition) is 2. The first-order chi connectivity index (χ1) is 12.0. The number of carbonyl (C=O) groups is 2. The molecule has 8 nitrogen and oxygen atoms in total. The zero-order valence-electron chi connectivity index (χ0n) is 14.5. The smallest absolute Gasteiger partial charge is 0.322 e. The van der Waals surface area contributed by atoms with Crippen LogP contribution in [0.3, 0.4) is 0 Å². The van der Waals surface area contributed by atoms with Gasteiger partial charge in [-0.1, -0.05) is 24.2 Å². The van der Waals surface area contributed by atoms with Crippen molar-refractivity contribution < 1.29 is 18.8 Å². The number of methoxy groups -OCH3 is 1. The summed E-state index contributed by atoms with van der Waals surface area (Å²) in [6, 6.07) is 8.32. The molecule has 134 valence electrons. The molecule has 2 N–H and O–H groups in total. The highest BCUT2D eigenvalue weighted by Crippen LogP contribution is 2.23. The van der Waals surface area contributed by atoms with Gasteiger partial charge in [-0.15, -0.1) is 0 Å². The number of carbonyl (C=O) groups excluding carboxylic acids is 2. The molecule has 0 aliphatic carbocycles. The van der Waals surface area contributed by atoms with Gasteiger partial charge in [0.2, 0.25) is 5.91 Å². The number of urea groups is 1. The van der Waals surface area contributed by atoms with E-state index in [1.54, 1.807) is 31.2 Å². The van der Waals surface area contributed by atoms with Gasteiger partial charge in [0.15, 0.2) is 5.82 Å². The van der Waals surface area contributed by atoms with Gasteiger partial charge in [-0.2, -0.15) is 0 Å². The van der Waals surface area contributed by atoms with E-state index >= 15 is 0 Å². The van der Waals surface area contributed by atoms with Crippen LogP contribution in [0.1, 0.15) is 19.1 Å². The van der Waals surface area contributed by atoms with Gasteiger partial charge in [-0.25, -0.2) is 4.79 Å². The lowest BCUT2D eigenvalue weighted by Gasteiger charge is -2.22. The average molecular weight is 346 g/mol. The van der Waals surface area contributed by atoms with E-state index in [1.807, 2.05) is 13.0 Å². The molecule has 0 bridgehead atoms. The minimum atomic E-state index is -0.377. The first-order valence-corrected chi connectivity index (χ1v) is 7.95. The fraction of sp³-hybridized carbons (Fsp3) is 0.353. The largest absolute Gasteiger partial charge is 0.495 e. The molecule has 3 amide bonds. The lowest BCUT2D eigenvalue weighted by molar-refractivity contribution is -0.116. The molecular weight excluding hydrogens is 324 g/mol. The van der Waals surface area contributed by atoms with Crippen LogP contribution < -0.4 is 15.4 Å². The molecule has 0 saturated heterocycles. The summed E-state index contributed by atoms with van der Waals surface area (Å²) < 4.78 is 10.1. The molecule has 0 radical (unpaired) electrons. The lowest BCUT2D eigenvalue weighted by Crippen LogP contribution is -2.41. The van der Waals surface area contributed by atoms with Crippen molar-refractivity contribution in [3.05, 3.63) is 36.1 Å². The van der Waals surface area contributed by atoms with Crippen molar-refractivity contribution in [2.45, 2.75) is 20.3 Å². The van der Waals surface area contributed by atoms with Gasteiger partial charge in [0.1, 0.15) is 18.1 Å². The van der Waals surface area contributed by atoms with Crippen LogP contribution in [0, 0.1) is 6.92 Å². The summed E-state index contributed by atoms with van der Waals surface area (Å²) in [6.45, 7) is 4.00. The van der Waals surface area contributed by atoms with Crippen LogP contribution >= 0.6 is 0 Å². The van der Waals surface area contributed by atoms with Crippen molar-refractivity contribution in [2.75, 3.05) is 30.8 Å². The molecule has 1 aromatic carbocycles. The second-order valence-electron chi connectivity index (χ2n) is 5.42. The molecule has 0 spiro atoms. The van der Waals surface area contributed by atoms with Gasteiger partial charge in [0.25, 0.3) is 0 Å². The highest BCUT2D eigenvalue weighted by Gasteiger charge is 2.18. The zero-order valence-corrected chi connectivity index (χ0v) is 14.5. The lowest BCUT2D eigenvalue weighted by atomic mass is 10.3. The summed E-state index contributed by atoms with van der Waals surface area (Å²) in [5.41, 5.74) is 0.545. The molecule has 2 aromatic rings. The van der Waals surface area contributed by atoms with Crippen LogP contribution in [0.15, 0.2) is 34.9 Å². The molecule has 1 aromatic heterocycles. The third-order valence-corrected chi connectivity index (χ3v) is 3.36. The van der Waals surface area contributed by atoms with E-state index in [0.717, 1.165) is 6.42 Å². The number of para-hydroxylation sites is 2. The minimum absolute atomic E-state index is 0.0965. The standard InChI is InChI=1S/C17H22N4O4/c1-4-9-21(11-16(22)19-15-10-12(2)25-20-15)17(23)18-13-7-5-6-8-14(13)24-3/h5-8,10H,4,9,11H2,1-3H3,(H,18,23)(H,19,20,22). The van der Waals surface area contributed by atoms with Crippen LogP contribution in [-0.4, -0.2) is 42.2 Å². The second kappa shape index (κ2) is 8.72. The summed E-state index contributed by atoms with van der Waals surface area (Å²) in [5.74, 6) is 1.12. The number of aryl methyl sites for hydroxylation is 1. The second-order valence-corrected chi connectivity index (χ2v) is 5.42. The molecule has 0 unspecified atom stereocenters. The molecule has 25 heavy (non-hydrogen) atoms. The molecule has 0 saturated carbocycles. The van der Waals surface area contributed by atoms with Gasteiger partial charge >= 0.3 is 6.03 Å². The normalized spacial score (nSPS) is 10.2. The van der Waals surface area contributed by atoms with E-state index in [-0.39, 0.29) is 18.5 Å². The highest BCUT2D eigenvalue weighted by atomic mass is 16.5. The Hall–Kier alpha value is -3.03. The summed E-state index contributed by atoms with van der Waals surface area (Å²) in [5, 5.41) is 9.07. The Morgan fingerprint density at radius 1 is 1.28 bits per heavy atom. The van der Waals surface area contributed by atoms with E-state index in [9.17, 15) is 9.59 Å². The Morgan fingerprint density at radius 3 is 2.68 bits per heavy atom. The van der Waals surface area contributed by atoms with Gasteiger partial charge in [-0.05, 0) is 25.5 Å². The summed E-state index contributed by atoms with van der Waals surface area (Å²) in [6.07, 6.45) is 0.718. The zero-order chi connectivity index (χ0) is 18.2. The number of benzene rings is 1. The number of hydrogen-bond acceptors (Lipinski definition) is 5. The number of amides is 3. The predicted octanol–water partition coefficient (Wildman–Crippen LogP) is 2.87. The van der Waals surface area contributed by atoms with E-state index in [2.05, 4.69) is 15.8 Å². The fourth-order valence-electron chi connectivity index (χ4n) is 2.25. The predicted molar refractivity (Wildman–Crippen MR) is 93.7 cm³/mol. The Balaban J connectivity index is 2.00. The third-order valence-electron chi connectivity index (χ3n) is 3.36. The summed E-state index contributed by atoms with van der Waals surface area (Å²) in [7, 11) is 1.53. The van der Waals surface area contributed by atoms with Gasteiger partial charge in [-0.3, -0.25) is 4.79 Å². The number of nitrogens with zero attached hydrogens (tertiary/aromatic N) is 2. The maximum Gasteiger partial charge on any atom is 0.322 e. The van der Waals surface area contributed by atoms with E-state index in [4.69, 9.17) is 9.26 Å². The van der Waals surface area contributed by atoms with Crippen LogP contribution in [0.5, 0.6) is 5.75 Å². The topological polar surface area (TPSA) is 96.7 Å². The minimum Gasteiger partial charge on any atom is -0.495 e. The Labute approximate surface area is 146 Å².